The van der Waals surface area contributed by atoms with E-state index in [-0.39, 0.29) is 18.3 Å². The SMILES string of the molecule is Cc1cc(C)n(CC(=O)N(CCN(C)C)c2nc3ccc(F)cc3s2)n1. The van der Waals surface area contributed by atoms with Crippen LogP contribution in [0, 0.1) is 19.7 Å². The molecule has 138 valence electrons. The minimum atomic E-state index is -0.304. The van der Waals surface area contributed by atoms with E-state index in [0.29, 0.717) is 23.7 Å². The number of halogens is 1. The number of amides is 1. The highest BCUT2D eigenvalue weighted by Crippen LogP contribution is 2.29. The second kappa shape index (κ2) is 7.51. The van der Waals surface area contributed by atoms with Gasteiger partial charge in [-0.3, -0.25) is 14.4 Å². The summed E-state index contributed by atoms with van der Waals surface area (Å²) in [5.74, 6) is -0.390. The average Bonchev–Trinajstić information content (AvgIpc) is 3.09. The van der Waals surface area contributed by atoms with Crippen LogP contribution >= 0.6 is 11.3 Å². The number of benzene rings is 1. The number of fused-ring (bicyclic) bond motifs is 1. The first kappa shape index (κ1) is 18.5. The fourth-order valence-electron chi connectivity index (χ4n) is 2.68. The zero-order valence-electron chi connectivity index (χ0n) is 15.4. The topological polar surface area (TPSA) is 54.3 Å². The van der Waals surface area contributed by atoms with Crippen LogP contribution in [0.4, 0.5) is 9.52 Å². The van der Waals surface area contributed by atoms with Crippen molar-refractivity contribution in [2.45, 2.75) is 20.4 Å². The maximum atomic E-state index is 13.5. The Bertz CT molecular complexity index is 933. The summed E-state index contributed by atoms with van der Waals surface area (Å²) in [4.78, 5) is 21.2. The molecule has 0 atom stereocenters. The van der Waals surface area contributed by atoms with Gasteiger partial charge >= 0.3 is 0 Å². The normalized spacial score (nSPS) is 11.5. The number of rotatable bonds is 6. The van der Waals surface area contributed by atoms with Crippen molar-refractivity contribution in [2.24, 2.45) is 0 Å². The largest absolute Gasteiger partial charge is 0.308 e. The molecule has 1 aromatic carbocycles. The van der Waals surface area contributed by atoms with Gasteiger partial charge in [-0.1, -0.05) is 11.3 Å². The summed E-state index contributed by atoms with van der Waals surface area (Å²) in [5, 5.41) is 4.95. The third kappa shape index (κ3) is 4.08. The van der Waals surface area contributed by atoms with Crippen LogP contribution in [-0.4, -0.2) is 52.8 Å². The Labute approximate surface area is 155 Å². The van der Waals surface area contributed by atoms with Gasteiger partial charge in [0.1, 0.15) is 12.4 Å². The monoisotopic (exact) mass is 375 g/mol. The summed E-state index contributed by atoms with van der Waals surface area (Å²) in [6, 6.07) is 6.41. The molecule has 2 heterocycles. The van der Waals surface area contributed by atoms with Crippen molar-refractivity contribution in [1.82, 2.24) is 19.7 Å². The van der Waals surface area contributed by atoms with E-state index in [1.165, 1.54) is 23.5 Å². The lowest BCUT2D eigenvalue weighted by molar-refractivity contribution is -0.119. The van der Waals surface area contributed by atoms with Gasteiger partial charge in [-0.25, -0.2) is 9.37 Å². The molecule has 0 aliphatic heterocycles. The molecule has 2 aromatic heterocycles. The van der Waals surface area contributed by atoms with Gasteiger partial charge in [-0.2, -0.15) is 5.10 Å². The number of carbonyl (C=O) groups is 1. The maximum Gasteiger partial charge on any atom is 0.250 e. The van der Waals surface area contributed by atoms with Gasteiger partial charge in [0.2, 0.25) is 0 Å². The molecule has 0 saturated carbocycles. The van der Waals surface area contributed by atoms with E-state index in [1.807, 2.05) is 38.9 Å². The maximum absolute atomic E-state index is 13.5. The van der Waals surface area contributed by atoms with Crippen LogP contribution in [0.25, 0.3) is 10.2 Å². The van der Waals surface area contributed by atoms with Gasteiger partial charge in [0, 0.05) is 18.8 Å². The molecule has 1 amide bonds. The summed E-state index contributed by atoms with van der Waals surface area (Å²) in [7, 11) is 3.91. The molecular formula is C18H22FN5OS. The summed E-state index contributed by atoms with van der Waals surface area (Å²) in [5.41, 5.74) is 2.51. The van der Waals surface area contributed by atoms with Crippen LogP contribution in [0.15, 0.2) is 24.3 Å². The molecule has 3 rings (SSSR count). The fourth-order valence-corrected chi connectivity index (χ4v) is 3.71. The molecule has 0 bridgehead atoms. The highest BCUT2D eigenvalue weighted by molar-refractivity contribution is 7.22. The summed E-state index contributed by atoms with van der Waals surface area (Å²) < 4.78 is 15.9. The number of aryl methyl sites for hydroxylation is 2. The lowest BCUT2D eigenvalue weighted by atomic mass is 10.3. The fraction of sp³-hybridized carbons (Fsp3) is 0.389. The van der Waals surface area contributed by atoms with Crippen molar-refractivity contribution < 1.29 is 9.18 Å². The predicted molar refractivity (Wildman–Crippen MR) is 102 cm³/mol. The molecule has 0 saturated heterocycles. The Morgan fingerprint density at radius 1 is 1.23 bits per heavy atom. The number of aromatic nitrogens is 3. The number of likely N-dealkylation sites (N-methyl/N-ethyl adjacent to an activating group) is 1. The standard InChI is InChI=1S/C18H22FN5OS/c1-12-9-13(2)24(21-12)11-17(25)23(8-7-22(3)4)18-20-15-6-5-14(19)10-16(15)26-18/h5-6,9-10H,7-8,11H2,1-4H3. The van der Waals surface area contributed by atoms with Crippen molar-refractivity contribution in [2.75, 3.05) is 32.1 Å². The Morgan fingerprint density at radius 2 is 2.00 bits per heavy atom. The molecule has 0 radical (unpaired) electrons. The zero-order valence-corrected chi connectivity index (χ0v) is 16.2. The smallest absolute Gasteiger partial charge is 0.250 e. The zero-order chi connectivity index (χ0) is 18.8. The quantitative estimate of drug-likeness (QED) is 0.665. The minimum absolute atomic E-state index is 0.0856. The highest BCUT2D eigenvalue weighted by Gasteiger charge is 2.21. The van der Waals surface area contributed by atoms with Crippen molar-refractivity contribution in [3.63, 3.8) is 0 Å². The molecule has 26 heavy (non-hydrogen) atoms. The number of thiazole rings is 1. The van der Waals surface area contributed by atoms with Gasteiger partial charge in [-0.15, -0.1) is 0 Å². The number of anilines is 1. The van der Waals surface area contributed by atoms with E-state index in [9.17, 15) is 9.18 Å². The molecule has 3 aromatic rings. The first-order valence-corrected chi connectivity index (χ1v) is 9.17. The molecule has 0 unspecified atom stereocenters. The molecular weight excluding hydrogens is 353 g/mol. The lowest BCUT2D eigenvalue weighted by Crippen LogP contribution is -2.39. The molecule has 0 aliphatic rings. The van der Waals surface area contributed by atoms with Crippen LogP contribution in [-0.2, 0) is 11.3 Å². The van der Waals surface area contributed by atoms with Gasteiger partial charge in [0.15, 0.2) is 5.13 Å². The van der Waals surface area contributed by atoms with E-state index in [2.05, 4.69) is 10.1 Å². The average molecular weight is 375 g/mol. The predicted octanol–water partition coefficient (Wildman–Crippen LogP) is 2.84. The van der Waals surface area contributed by atoms with E-state index < -0.39 is 0 Å². The molecule has 0 N–H and O–H groups in total. The second-order valence-electron chi connectivity index (χ2n) is 6.54. The van der Waals surface area contributed by atoms with Crippen LogP contribution in [0.5, 0.6) is 0 Å². The van der Waals surface area contributed by atoms with Crippen LogP contribution in [0.3, 0.4) is 0 Å². The number of carbonyl (C=O) groups excluding carboxylic acids is 1. The summed E-state index contributed by atoms with van der Waals surface area (Å²) in [6.07, 6.45) is 0. The van der Waals surface area contributed by atoms with Gasteiger partial charge < -0.3 is 4.90 Å². The van der Waals surface area contributed by atoms with Gasteiger partial charge in [0.25, 0.3) is 5.91 Å². The molecule has 8 heteroatoms. The van der Waals surface area contributed by atoms with E-state index >= 15 is 0 Å². The number of hydrogen-bond acceptors (Lipinski definition) is 5. The van der Waals surface area contributed by atoms with E-state index in [4.69, 9.17) is 0 Å². The molecule has 6 nitrogen and oxygen atoms in total. The highest BCUT2D eigenvalue weighted by atomic mass is 32.1. The Hall–Kier alpha value is -2.32. The van der Waals surface area contributed by atoms with Crippen LogP contribution in [0.2, 0.25) is 0 Å². The Kier molecular flexibility index (Phi) is 5.33. The van der Waals surface area contributed by atoms with Gasteiger partial charge in [-0.05, 0) is 52.2 Å². The first-order chi connectivity index (χ1) is 12.3. The van der Waals surface area contributed by atoms with Gasteiger partial charge in [0.05, 0.1) is 15.9 Å². The lowest BCUT2D eigenvalue weighted by Gasteiger charge is -2.22. The van der Waals surface area contributed by atoms with Crippen molar-refractivity contribution >= 4 is 32.6 Å². The van der Waals surface area contributed by atoms with Crippen molar-refractivity contribution in [3.8, 4) is 0 Å². The van der Waals surface area contributed by atoms with E-state index in [1.54, 1.807) is 15.6 Å². The van der Waals surface area contributed by atoms with Crippen molar-refractivity contribution in [3.05, 3.63) is 41.5 Å². The third-order valence-electron chi connectivity index (χ3n) is 4.03. The third-order valence-corrected chi connectivity index (χ3v) is 5.07. The van der Waals surface area contributed by atoms with E-state index in [0.717, 1.165) is 16.1 Å². The number of hydrogen-bond donors (Lipinski definition) is 0. The van der Waals surface area contributed by atoms with Crippen molar-refractivity contribution in [1.29, 1.82) is 0 Å². The molecule has 0 aliphatic carbocycles. The van der Waals surface area contributed by atoms with Crippen LogP contribution < -0.4 is 4.90 Å². The Balaban J connectivity index is 1.89. The number of nitrogens with zero attached hydrogens (tertiary/aromatic N) is 5. The molecule has 0 fully saturated rings. The van der Waals surface area contributed by atoms with Crippen LogP contribution in [0.1, 0.15) is 11.4 Å². The first-order valence-electron chi connectivity index (χ1n) is 8.36. The Morgan fingerprint density at radius 3 is 2.65 bits per heavy atom. The minimum Gasteiger partial charge on any atom is -0.308 e. The summed E-state index contributed by atoms with van der Waals surface area (Å²) in [6.45, 7) is 5.19. The summed E-state index contributed by atoms with van der Waals surface area (Å²) >= 11 is 1.33. The second-order valence-corrected chi connectivity index (χ2v) is 7.55. The molecule has 0 spiro atoms.